The third-order valence-electron chi connectivity index (χ3n) is 3.41. The van der Waals surface area contributed by atoms with Crippen molar-refractivity contribution in [3.63, 3.8) is 0 Å². The second kappa shape index (κ2) is 5.98. The van der Waals surface area contributed by atoms with Gasteiger partial charge in [-0.3, -0.25) is 0 Å². The third kappa shape index (κ3) is 3.12. The van der Waals surface area contributed by atoms with Gasteiger partial charge < -0.3 is 10.2 Å². The zero-order valence-corrected chi connectivity index (χ0v) is 12.8. The highest BCUT2D eigenvalue weighted by atomic mass is 35.5. The number of hydrogen-bond acceptors (Lipinski definition) is 2. The second-order valence-corrected chi connectivity index (χ2v) is 6.06. The molecule has 1 aromatic rings. The molecule has 1 aliphatic heterocycles. The summed E-state index contributed by atoms with van der Waals surface area (Å²) in [6.45, 7) is 4.31. The van der Waals surface area contributed by atoms with Gasteiger partial charge in [0.05, 0.1) is 15.1 Å². The fourth-order valence-corrected chi connectivity index (χ4v) is 3.10. The van der Waals surface area contributed by atoms with Crippen LogP contribution in [0.5, 0.6) is 0 Å². The van der Waals surface area contributed by atoms with E-state index >= 15 is 0 Å². The number of nitrogens with one attached hydrogen (secondary N) is 1. The molecule has 2 rings (SSSR count). The fraction of sp³-hybridized carbons (Fsp3) is 0.538. The molecule has 1 N–H and O–H groups in total. The number of nitrogens with zero attached hydrogens (tertiary/aromatic N) is 1. The molecule has 1 saturated heterocycles. The molecule has 1 fully saturated rings. The van der Waals surface area contributed by atoms with Gasteiger partial charge in [0.25, 0.3) is 0 Å². The van der Waals surface area contributed by atoms with E-state index in [1.165, 1.54) is 6.42 Å². The van der Waals surface area contributed by atoms with Crippen molar-refractivity contribution >= 4 is 34.8 Å². The minimum absolute atomic E-state index is 0.170. The van der Waals surface area contributed by atoms with Crippen LogP contribution in [0.1, 0.15) is 24.9 Å². The number of benzene rings is 1. The highest BCUT2D eigenvalue weighted by Gasteiger charge is 2.22. The molecule has 2 unspecified atom stereocenters. The van der Waals surface area contributed by atoms with Crippen molar-refractivity contribution in [2.24, 2.45) is 0 Å². The lowest BCUT2D eigenvalue weighted by Gasteiger charge is -2.21. The van der Waals surface area contributed by atoms with Crippen LogP contribution in [0.25, 0.3) is 0 Å². The first kappa shape index (κ1) is 14.4. The molecule has 2 nitrogen and oxygen atoms in total. The van der Waals surface area contributed by atoms with Crippen molar-refractivity contribution in [3.8, 4) is 0 Å². The van der Waals surface area contributed by atoms with Crippen LogP contribution >= 0.6 is 34.8 Å². The minimum Gasteiger partial charge on any atom is -0.306 e. The van der Waals surface area contributed by atoms with E-state index in [4.69, 9.17) is 34.8 Å². The molecule has 0 aromatic heterocycles. The summed E-state index contributed by atoms with van der Waals surface area (Å²) in [6.07, 6.45) is 1.17. The van der Waals surface area contributed by atoms with E-state index in [0.29, 0.717) is 21.1 Å². The summed E-state index contributed by atoms with van der Waals surface area (Å²) < 4.78 is 0. The summed E-state index contributed by atoms with van der Waals surface area (Å²) in [6, 6.07) is 4.41. The molecule has 1 aliphatic rings. The maximum Gasteiger partial charge on any atom is 0.0781 e. The van der Waals surface area contributed by atoms with E-state index in [9.17, 15) is 0 Å². The van der Waals surface area contributed by atoms with Crippen LogP contribution in [0.2, 0.25) is 15.1 Å². The van der Waals surface area contributed by atoms with E-state index in [1.54, 1.807) is 6.07 Å². The number of rotatable bonds is 3. The van der Waals surface area contributed by atoms with Gasteiger partial charge in [0.15, 0.2) is 0 Å². The highest BCUT2D eigenvalue weighted by molar-refractivity contribution is 6.48. The summed E-state index contributed by atoms with van der Waals surface area (Å²) in [5.41, 5.74) is 1.00. The Morgan fingerprint density at radius 2 is 2.00 bits per heavy atom. The van der Waals surface area contributed by atoms with E-state index in [1.807, 2.05) is 6.07 Å². The first-order valence-corrected chi connectivity index (χ1v) is 7.20. The van der Waals surface area contributed by atoms with E-state index < -0.39 is 0 Å². The number of hydrogen-bond donors (Lipinski definition) is 1. The predicted molar refractivity (Wildman–Crippen MR) is 78.9 cm³/mol. The van der Waals surface area contributed by atoms with Crippen molar-refractivity contribution in [3.05, 3.63) is 32.8 Å². The van der Waals surface area contributed by atoms with Crippen LogP contribution < -0.4 is 5.32 Å². The molecule has 0 saturated carbocycles. The molecule has 1 heterocycles. The van der Waals surface area contributed by atoms with Crippen LogP contribution in [0.4, 0.5) is 0 Å². The zero-order valence-electron chi connectivity index (χ0n) is 10.5. The lowest BCUT2D eigenvalue weighted by Crippen LogP contribution is -2.33. The zero-order chi connectivity index (χ0) is 13.3. The Hall–Kier alpha value is 0.01000. The van der Waals surface area contributed by atoms with Crippen molar-refractivity contribution in [2.45, 2.75) is 25.4 Å². The molecule has 0 amide bonds. The summed E-state index contributed by atoms with van der Waals surface area (Å²) in [5, 5.41) is 5.07. The van der Waals surface area contributed by atoms with Crippen LogP contribution in [0.3, 0.4) is 0 Å². The van der Waals surface area contributed by atoms with Crippen LogP contribution in [0.15, 0.2) is 12.1 Å². The standard InChI is InChI=1S/C13H17Cl3N2/c1-8(17-9-5-6-18(2)7-9)10-3-4-11(14)13(16)12(10)15/h3-4,8-9,17H,5-7H2,1-2H3. The lowest BCUT2D eigenvalue weighted by molar-refractivity contribution is 0.387. The minimum atomic E-state index is 0.170. The molecule has 100 valence electrons. The van der Waals surface area contributed by atoms with Crippen molar-refractivity contribution in [1.82, 2.24) is 10.2 Å². The molecule has 2 atom stereocenters. The molecular weight excluding hydrogens is 291 g/mol. The molecule has 0 spiro atoms. The molecule has 0 bridgehead atoms. The summed E-state index contributed by atoms with van der Waals surface area (Å²) in [4.78, 5) is 2.32. The largest absolute Gasteiger partial charge is 0.306 e. The Morgan fingerprint density at radius 3 is 2.61 bits per heavy atom. The van der Waals surface area contributed by atoms with Gasteiger partial charge in [-0.1, -0.05) is 40.9 Å². The Balaban J connectivity index is 2.09. The van der Waals surface area contributed by atoms with Gasteiger partial charge in [0.1, 0.15) is 0 Å². The molecule has 18 heavy (non-hydrogen) atoms. The smallest absolute Gasteiger partial charge is 0.0781 e. The van der Waals surface area contributed by atoms with Gasteiger partial charge in [-0.2, -0.15) is 0 Å². The number of likely N-dealkylation sites (tertiary alicyclic amines) is 1. The molecule has 1 aromatic carbocycles. The van der Waals surface area contributed by atoms with Crippen LogP contribution in [-0.2, 0) is 0 Å². The maximum atomic E-state index is 6.24. The quantitative estimate of drug-likeness (QED) is 0.849. The lowest BCUT2D eigenvalue weighted by atomic mass is 10.1. The number of likely N-dealkylation sites (N-methyl/N-ethyl adjacent to an activating group) is 1. The topological polar surface area (TPSA) is 15.3 Å². The van der Waals surface area contributed by atoms with Crippen LogP contribution in [-0.4, -0.2) is 31.1 Å². The van der Waals surface area contributed by atoms with Gasteiger partial charge in [-0.15, -0.1) is 0 Å². The molecule has 0 aliphatic carbocycles. The first-order valence-electron chi connectivity index (χ1n) is 6.07. The third-order valence-corrected chi connectivity index (χ3v) is 4.72. The van der Waals surface area contributed by atoms with E-state index in [0.717, 1.165) is 18.7 Å². The average Bonchev–Trinajstić information content (AvgIpc) is 2.71. The Labute approximate surface area is 123 Å². The second-order valence-electron chi connectivity index (χ2n) is 4.90. The normalized spacial score (nSPS) is 22.4. The first-order chi connectivity index (χ1) is 8.49. The van der Waals surface area contributed by atoms with Crippen LogP contribution in [0, 0.1) is 0 Å². The van der Waals surface area contributed by atoms with E-state index in [-0.39, 0.29) is 6.04 Å². The predicted octanol–water partition coefficient (Wildman–Crippen LogP) is 4.00. The summed E-state index contributed by atoms with van der Waals surface area (Å²) >= 11 is 18.2. The highest BCUT2D eigenvalue weighted by Crippen LogP contribution is 2.35. The fourth-order valence-electron chi connectivity index (χ4n) is 2.39. The van der Waals surface area contributed by atoms with Gasteiger partial charge in [0.2, 0.25) is 0 Å². The average molecular weight is 308 g/mol. The van der Waals surface area contributed by atoms with Crippen molar-refractivity contribution in [2.75, 3.05) is 20.1 Å². The molecule has 0 radical (unpaired) electrons. The summed E-state index contributed by atoms with van der Waals surface area (Å²) in [5.74, 6) is 0. The van der Waals surface area contributed by atoms with Crippen molar-refractivity contribution in [1.29, 1.82) is 0 Å². The van der Waals surface area contributed by atoms with Gasteiger partial charge in [-0.05, 0) is 38.6 Å². The summed E-state index contributed by atoms with van der Waals surface area (Å²) in [7, 11) is 2.14. The SMILES string of the molecule is CC(NC1CCN(C)C1)c1ccc(Cl)c(Cl)c1Cl. The Morgan fingerprint density at radius 1 is 1.28 bits per heavy atom. The van der Waals surface area contributed by atoms with E-state index in [2.05, 4.69) is 24.2 Å². The maximum absolute atomic E-state index is 6.24. The van der Waals surface area contributed by atoms with Gasteiger partial charge >= 0.3 is 0 Å². The molecule has 5 heteroatoms. The Bertz CT molecular complexity index is 436. The monoisotopic (exact) mass is 306 g/mol. The Kier molecular flexibility index (Phi) is 4.79. The number of halogens is 3. The van der Waals surface area contributed by atoms with Crippen molar-refractivity contribution < 1.29 is 0 Å². The van der Waals surface area contributed by atoms with Gasteiger partial charge in [0, 0.05) is 18.6 Å². The molecular formula is C13H17Cl3N2. The van der Waals surface area contributed by atoms with Gasteiger partial charge in [-0.25, -0.2) is 0 Å².